The summed E-state index contributed by atoms with van der Waals surface area (Å²) in [5.41, 5.74) is -1.37. The average molecular weight is 534 g/mol. The molecule has 0 saturated heterocycles. The molecule has 0 spiro atoms. The van der Waals surface area contributed by atoms with Gasteiger partial charge in [-0.1, -0.05) is 42.5 Å². The topological polar surface area (TPSA) is 103 Å². The van der Waals surface area contributed by atoms with Crippen molar-refractivity contribution in [2.45, 2.75) is 70.8 Å². The van der Waals surface area contributed by atoms with Crippen LogP contribution in [0.3, 0.4) is 0 Å². The molecule has 38 heavy (non-hydrogen) atoms. The number of halogens is 3. The van der Waals surface area contributed by atoms with Crippen molar-refractivity contribution in [1.82, 2.24) is 14.3 Å². The average Bonchev–Trinajstić information content (AvgIpc) is 2.84. The van der Waals surface area contributed by atoms with E-state index in [9.17, 15) is 32.7 Å². The first-order valence-electron chi connectivity index (χ1n) is 12.2. The predicted molar refractivity (Wildman–Crippen MR) is 135 cm³/mol. The van der Waals surface area contributed by atoms with E-state index in [-0.39, 0.29) is 25.2 Å². The molecule has 0 saturated carbocycles. The van der Waals surface area contributed by atoms with Crippen molar-refractivity contribution in [3.63, 3.8) is 0 Å². The molecule has 0 aliphatic rings. The van der Waals surface area contributed by atoms with E-state index < -0.39 is 35.4 Å². The van der Waals surface area contributed by atoms with E-state index in [0.29, 0.717) is 30.6 Å². The molecule has 0 atom stereocenters. The number of rotatable bonds is 12. The standard InChI is InChI=1S/C27H30F3N3O5/c1-26(2,24(35)36)38-21-14-8-11-19(18-21)10-6-7-16-32-23(34)22(20-12-4-3-5-13-20)31-33(25(32)37)17-9-15-27(28,29)30/h3-5,8,11-14,18H,6-7,9-10,15-17H2,1-2H3,(H,35,36). The minimum Gasteiger partial charge on any atom is -0.478 e. The molecule has 0 aliphatic heterocycles. The Balaban J connectivity index is 1.75. The maximum Gasteiger partial charge on any atom is 0.389 e. The number of carbonyl (C=O) groups is 1. The van der Waals surface area contributed by atoms with Crippen molar-refractivity contribution in [3.05, 3.63) is 81.0 Å². The lowest BCUT2D eigenvalue weighted by atomic mass is 10.1. The van der Waals surface area contributed by atoms with Crippen LogP contribution >= 0.6 is 0 Å². The summed E-state index contributed by atoms with van der Waals surface area (Å²) < 4.78 is 45.4. The first kappa shape index (κ1) is 28.7. The summed E-state index contributed by atoms with van der Waals surface area (Å²) in [5, 5.41) is 13.4. The highest BCUT2D eigenvalue weighted by molar-refractivity contribution is 5.76. The van der Waals surface area contributed by atoms with Crippen LogP contribution in [0.25, 0.3) is 11.3 Å². The summed E-state index contributed by atoms with van der Waals surface area (Å²) >= 11 is 0. The minimum atomic E-state index is -4.36. The van der Waals surface area contributed by atoms with Crippen molar-refractivity contribution in [1.29, 1.82) is 0 Å². The summed E-state index contributed by atoms with van der Waals surface area (Å²) in [4.78, 5) is 37.4. The van der Waals surface area contributed by atoms with Gasteiger partial charge in [0, 0.05) is 25.1 Å². The molecular formula is C27H30F3N3O5. The molecule has 2 aromatic carbocycles. The molecule has 8 nitrogen and oxygen atoms in total. The van der Waals surface area contributed by atoms with Crippen molar-refractivity contribution in [2.75, 3.05) is 0 Å². The Hall–Kier alpha value is -3.89. The molecule has 3 rings (SSSR count). The third kappa shape index (κ3) is 7.80. The van der Waals surface area contributed by atoms with Gasteiger partial charge in [0.25, 0.3) is 5.56 Å². The molecule has 11 heteroatoms. The molecule has 1 aromatic heterocycles. The monoisotopic (exact) mass is 533 g/mol. The summed E-state index contributed by atoms with van der Waals surface area (Å²) in [6.45, 7) is 2.71. The Labute approximate surface area is 217 Å². The van der Waals surface area contributed by atoms with Crippen molar-refractivity contribution in [2.24, 2.45) is 0 Å². The van der Waals surface area contributed by atoms with Crippen LogP contribution in [0.2, 0.25) is 0 Å². The first-order chi connectivity index (χ1) is 17.9. The number of carboxylic acid groups (broad SMARTS) is 1. The summed E-state index contributed by atoms with van der Waals surface area (Å²) in [5.74, 6) is -0.681. The number of aliphatic carboxylic acids is 1. The third-order valence-electron chi connectivity index (χ3n) is 5.88. The third-order valence-corrected chi connectivity index (χ3v) is 5.88. The number of aryl methyl sites for hydroxylation is 2. The van der Waals surface area contributed by atoms with Crippen LogP contribution < -0.4 is 16.0 Å². The van der Waals surface area contributed by atoms with Gasteiger partial charge >= 0.3 is 17.8 Å². The Bertz CT molecular complexity index is 1360. The van der Waals surface area contributed by atoms with E-state index in [0.717, 1.165) is 14.8 Å². The minimum absolute atomic E-state index is 0.00287. The highest BCUT2D eigenvalue weighted by Gasteiger charge is 2.29. The van der Waals surface area contributed by atoms with Crippen LogP contribution in [0.15, 0.2) is 64.2 Å². The van der Waals surface area contributed by atoms with Crippen LogP contribution in [-0.2, 0) is 24.3 Å². The van der Waals surface area contributed by atoms with E-state index >= 15 is 0 Å². The lowest BCUT2D eigenvalue weighted by Gasteiger charge is -2.21. The quantitative estimate of drug-likeness (QED) is 0.339. The van der Waals surface area contributed by atoms with Gasteiger partial charge in [0.1, 0.15) is 5.75 Å². The van der Waals surface area contributed by atoms with Crippen molar-refractivity contribution < 1.29 is 27.8 Å². The van der Waals surface area contributed by atoms with Crippen LogP contribution in [-0.4, -0.2) is 37.2 Å². The maximum absolute atomic E-state index is 13.1. The number of nitrogens with zero attached hydrogens (tertiary/aromatic N) is 3. The van der Waals surface area contributed by atoms with E-state index in [1.54, 1.807) is 48.5 Å². The Kier molecular flexibility index (Phi) is 9.13. The van der Waals surface area contributed by atoms with E-state index in [2.05, 4.69) is 5.10 Å². The van der Waals surface area contributed by atoms with Gasteiger partial charge in [-0.2, -0.15) is 18.3 Å². The van der Waals surface area contributed by atoms with Gasteiger partial charge < -0.3 is 9.84 Å². The molecule has 0 bridgehead atoms. The lowest BCUT2D eigenvalue weighted by molar-refractivity contribution is -0.152. The number of aromatic nitrogens is 3. The smallest absolute Gasteiger partial charge is 0.389 e. The Morgan fingerprint density at radius 3 is 2.34 bits per heavy atom. The zero-order chi connectivity index (χ0) is 27.9. The second-order valence-electron chi connectivity index (χ2n) is 9.42. The normalized spacial score (nSPS) is 11.9. The summed E-state index contributed by atoms with van der Waals surface area (Å²) in [6.07, 6.45) is -4.13. The van der Waals surface area contributed by atoms with Gasteiger partial charge in [-0.25, -0.2) is 14.3 Å². The number of carboxylic acids is 1. The highest BCUT2D eigenvalue weighted by Crippen LogP contribution is 2.22. The zero-order valence-electron chi connectivity index (χ0n) is 21.2. The summed E-state index contributed by atoms with van der Waals surface area (Å²) in [7, 11) is 0. The Morgan fingerprint density at radius 1 is 0.974 bits per heavy atom. The molecule has 0 fully saturated rings. The summed E-state index contributed by atoms with van der Waals surface area (Å²) in [6, 6.07) is 15.5. The molecule has 3 aromatic rings. The molecule has 204 valence electrons. The Morgan fingerprint density at radius 2 is 1.68 bits per heavy atom. The van der Waals surface area contributed by atoms with E-state index in [1.807, 2.05) is 6.07 Å². The van der Waals surface area contributed by atoms with Gasteiger partial charge in [-0.15, -0.1) is 0 Å². The number of hydrogen-bond donors (Lipinski definition) is 1. The predicted octanol–water partition coefficient (Wildman–Crippen LogP) is 4.68. The van der Waals surface area contributed by atoms with Crippen LogP contribution in [0.4, 0.5) is 13.2 Å². The fourth-order valence-electron chi connectivity index (χ4n) is 3.81. The number of benzene rings is 2. The lowest BCUT2D eigenvalue weighted by Crippen LogP contribution is -2.42. The van der Waals surface area contributed by atoms with Crippen LogP contribution in [0.5, 0.6) is 5.75 Å². The van der Waals surface area contributed by atoms with Crippen LogP contribution in [0, 0.1) is 0 Å². The molecule has 0 unspecified atom stereocenters. The highest BCUT2D eigenvalue weighted by atomic mass is 19.4. The molecule has 0 amide bonds. The molecule has 0 aliphatic carbocycles. The van der Waals surface area contributed by atoms with Crippen molar-refractivity contribution in [3.8, 4) is 17.0 Å². The second kappa shape index (κ2) is 12.1. The SMILES string of the molecule is CC(C)(Oc1cccc(CCCCn2c(=O)c(-c3ccccc3)nn(CCCC(F)(F)F)c2=O)c1)C(=O)O. The first-order valence-corrected chi connectivity index (χ1v) is 12.2. The second-order valence-corrected chi connectivity index (χ2v) is 9.42. The maximum atomic E-state index is 13.1. The largest absolute Gasteiger partial charge is 0.478 e. The van der Waals surface area contributed by atoms with Crippen molar-refractivity contribution >= 4 is 5.97 Å². The van der Waals surface area contributed by atoms with Gasteiger partial charge in [0.05, 0.1) is 0 Å². The molecular weight excluding hydrogens is 503 g/mol. The molecule has 1 N–H and O–H groups in total. The zero-order valence-corrected chi connectivity index (χ0v) is 21.2. The van der Waals surface area contributed by atoms with E-state index in [1.165, 1.54) is 13.8 Å². The van der Waals surface area contributed by atoms with E-state index in [4.69, 9.17) is 4.74 Å². The number of unbranched alkanes of at least 4 members (excludes halogenated alkanes) is 1. The fraction of sp³-hybridized carbons (Fsp3) is 0.407. The van der Waals surface area contributed by atoms with Crippen LogP contribution in [0.1, 0.15) is 45.1 Å². The molecule has 1 heterocycles. The fourth-order valence-corrected chi connectivity index (χ4v) is 3.81. The van der Waals surface area contributed by atoms with Gasteiger partial charge in [0.15, 0.2) is 11.3 Å². The molecule has 0 radical (unpaired) electrons. The van der Waals surface area contributed by atoms with Gasteiger partial charge in [0.2, 0.25) is 0 Å². The van der Waals surface area contributed by atoms with Gasteiger partial charge in [-0.3, -0.25) is 9.36 Å². The van der Waals surface area contributed by atoms with Gasteiger partial charge in [-0.05, 0) is 57.2 Å². The number of hydrogen-bond acceptors (Lipinski definition) is 5. The number of alkyl halides is 3. The number of ether oxygens (including phenoxy) is 1.